The van der Waals surface area contributed by atoms with E-state index in [1.54, 1.807) is 6.07 Å². The van der Waals surface area contributed by atoms with Gasteiger partial charge in [-0.1, -0.05) is 18.5 Å². The van der Waals surface area contributed by atoms with Gasteiger partial charge in [0.1, 0.15) is 0 Å². The van der Waals surface area contributed by atoms with Crippen LogP contribution in [-0.4, -0.2) is 19.6 Å². The molecule has 0 spiro atoms. The molecule has 0 amide bonds. The first-order valence-electron chi connectivity index (χ1n) is 5.46. The zero-order chi connectivity index (χ0) is 12.4. The molecule has 17 heavy (non-hydrogen) atoms. The maximum Gasteiger partial charge on any atom is 0.231 e. The Balaban J connectivity index is 2.53. The molecular weight excluding hydrogens is 242 g/mol. The van der Waals surface area contributed by atoms with E-state index in [9.17, 15) is 4.79 Å². The standard InChI is InChI=1S/C12H14ClNO3/c1-7(2-3-14)10-9(13)4-8(5-15)11-12(10)17-6-16-11/h4-5,7H,2-3,6,14H2,1H3. The minimum Gasteiger partial charge on any atom is -0.453 e. The van der Waals surface area contributed by atoms with Crippen molar-refractivity contribution in [3.8, 4) is 11.5 Å². The van der Waals surface area contributed by atoms with Crippen molar-refractivity contribution in [2.24, 2.45) is 5.73 Å². The quantitative estimate of drug-likeness (QED) is 0.839. The minimum absolute atomic E-state index is 0.124. The van der Waals surface area contributed by atoms with Gasteiger partial charge < -0.3 is 15.2 Å². The fourth-order valence-electron chi connectivity index (χ4n) is 2.02. The first kappa shape index (κ1) is 12.2. The summed E-state index contributed by atoms with van der Waals surface area (Å²) in [6.07, 6.45) is 1.52. The minimum atomic E-state index is 0.124. The lowest BCUT2D eigenvalue weighted by Crippen LogP contribution is -2.06. The Morgan fingerprint density at radius 2 is 2.24 bits per heavy atom. The number of aldehydes is 1. The summed E-state index contributed by atoms with van der Waals surface area (Å²) in [6, 6.07) is 1.62. The van der Waals surface area contributed by atoms with E-state index in [0.29, 0.717) is 28.6 Å². The lowest BCUT2D eigenvalue weighted by atomic mass is 9.95. The van der Waals surface area contributed by atoms with Crippen molar-refractivity contribution in [1.82, 2.24) is 0 Å². The molecule has 0 radical (unpaired) electrons. The number of fused-ring (bicyclic) bond motifs is 1. The molecule has 0 saturated heterocycles. The third-order valence-electron chi connectivity index (χ3n) is 2.88. The van der Waals surface area contributed by atoms with Crippen molar-refractivity contribution in [2.75, 3.05) is 13.3 Å². The molecule has 0 aromatic heterocycles. The lowest BCUT2D eigenvalue weighted by Gasteiger charge is -2.15. The molecule has 2 N–H and O–H groups in total. The van der Waals surface area contributed by atoms with Crippen molar-refractivity contribution in [3.05, 3.63) is 22.2 Å². The van der Waals surface area contributed by atoms with Gasteiger partial charge in [0.05, 0.1) is 5.56 Å². The van der Waals surface area contributed by atoms with Gasteiger partial charge in [-0.3, -0.25) is 4.79 Å². The van der Waals surface area contributed by atoms with Crippen molar-refractivity contribution in [3.63, 3.8) is 0 Å². The van der Waals surface area contributed by atoms with Gasteiger partial charge in [-0.15, -0.1) is 0 Å². The molecule has 0 aliphatic carbocycles. The Morgan fingerprint density at radius 1 is 1.53 bits per heavy atom. The molecule has 4 nitrogen and oxygen atoms in total. The van der Waals surface area contributed by atoms with E-state index < -0.39 is 0 Å². The van der Waals surface area contributed by atoms with E-state index >= 15 is 0 Å². The average Bonchev–Trinajstić information content (AvgIpc) is 2.76. The molecule has 92 valence electrons. The Kier molecular flexibility index (Phi) is 3.54. The monoisotopic (exact) mass is 255 g/mol. The molecule has 2 rings (SSSR count). The number of carbonyl (C=O) groups is 1. The molecule has 1 heterocycles. The summed E-state index contributed by atoms with van der Waals surface area (Å²) >= 11 is 6.19. The Morgan fingerprint density at radius 3 is 2.88 bits per heavy atom. The molecular formula is C12H14ClNO3. The predicted octanol–water partition coefficient (Wildman–Crippen LogP) is 2.33. The van der Waals surface area contributed by atoms with Crippen LogP contribution < -0.4 is 15.2 Å². The third-order valence-corrected chi connectivity index (χ3v) is 3.19. The largest absolute Gasteiger partial charge is 0.453 e. The number of benzene rings is 1. The van der Waals surface area contributed by atoms with Crippen LogP contribution in [0.4, 0.5) is 0 Å². The van der Waals surface area contributed by atoms with Crippen LogP contribution in [0.3, 0.4) is 0 Å². The number of ether oxygens (including phenoxy) is 2. The molecule has 1 aromatic rings. The van der Waals surface area contributed by atoms with Crippen LogP contribution in [0.1, 0.15) is 35.2 Å². The van der Waals surface area contributed by atoms with Crippen LogP contribution >= 0.6 is 11.6 Å². The van der Waals surface area contributed by atoms with Crippen molar-refractivity contribution in [1.29, 1.82) is 0 Å². The van der Waals surface area contributed by atoms with E-state index in [1.807, 2.05) is 6.92 Å². The highest BCUT2D eigenvalue weighted by Gasteiger charge is 2.27. The van der Waals surface area contributed by atoms with Crippen LogP contribution in [0.15, 0.2) is 6.07 Å². The summed E-state index contributed by atoms with van der Waals surface area (Å²) in [6.45, 7) is 2.72. The normalized spacial score (nSPS) is 14.8. The van der Waals surface area contributed by atoms with Gasteiger partial charge in [-0.05, 0) is 24.9 Å². The molecule has 1 atom stereocenters. The molecule has 1 aliphatic rings. The Hall–Kier alpha value is -1.26. The molecule has 0 fully saturated rings. The number of rotatable bonds is 4. The van der Waals surface area contributed by atoms with Gasteiger partial charge >= 0.3 is 0 Å². The lowest BCUT2D eigenvalue weighted by molar-refractivity contribution is 0.111. The van der Waals surface area contributed by atoms with Crippen LogP contribution in [-0.2, 0) is 0 Å². The summed E-state index contributed by atoms with van der Waals surface area (Å²) < 4.78 is 10.7. The number of nitrogens with two attached hydrogens (primary N) is 1. The zero-order valence-corrected chi connectivity index (χ0v) is 10.3. The zero-order valence-electron chi connectivity index (χ0n) is 9.53. The maximum absolute atomic E-state index is 10.9. The molecule has 1 aliphatic heterocycles. The SMILES string of the molecule is CC(CCN)c1c(Cl)cc(C=O)c2c1OCO2. The van der Waals surface area contributed by atoms with Crippen LogP contribution in [0.5, 0.6) is 11.5 Å². The van der Waals surface area contributed by atoms with Gasteiger partial charge in [-0.2, -0.15) is 0 Å². The van der Waals surface area contributed by atoms with Crippen molar-refractivity contribution < 1.29 is 14.3 Å². The molecule has 0 bridgehead atoms. The summed E-state index contributed by atoms with van der Waals surface area (Å²) in [4.78, 5) is 10.9. The highest BCUT2D eigenvalue weighted by Crippen LogP contribution is 2.45. The van der Waals surface area contributed by atoms with Crippen molar-refractivity contribution >= 4 is 17.9 Å². The number of hydrogen-bond donors (Lipinski definition) is 1. The van der Waals surface area contributed by atoms with E-state index in [-0.39, 0.29) is 12.7 Å². The molecule has 0 saturated carbocycles. The van der Waals surface area contributed by atoms with E-state index in [1.165, 1.54) is 0 Å². The highest BCUT2D eigenvalue weighted by molar-refractivity contribution is 6.32. The van der Waals surface area contributed by atoms with Crippen LogP contribution in [0.25, 0.3) is 0 Å². The molecule has 1 unspecified atom stereocenters. The van der Waals surface area contributed by atoms with E-state index in [0.717, 1.165) is 18.3 Å². The van der Waals surface area contributed by atoms with Crippen LogP contribution in [0, 0.1) is 0 Å². The van der Waals surface area contributed by atoms with Gasteiger partial charge in [0.2, 0.25) is 6.79 Å². The second kappa shape index (κ2) is 4.94. The Labute approximate surface area is 105 Å². The van der Waals surface area contributed by atoms with E-state index in [4.69, 9.17) is 26.8 Å². The maximum atomic E-state index is 10.9. The summed E-state index contributed by atoms with van der Waals surface area (Å²) in [5.41, 5.74) is 6.84. The van der Waals surface area contributed by atoms with Gasteiger partial charge in [0, 0.05) is 10.6 Å². The molecule has 5 heteroatoms. The fourth-order valence-corrected chi connectivity index (χ4v) is 2.41. The van der Waals surface area contributed by atoms with Crippen LogP contribution in [0.2, 0.25) is 5.02 Å². The van der Waals surface area contributed by atoms with E-state index in [2.05, 4.69) is 0 Å². The van der Waals surface area contributed by atoms with Gasteiger partial charge in [-0.25, -0.2) is 0 Å². The van der Waals surface area contributed by atoms with Crippen molar-refractivity contribution in [2.45, 2.75) is 19.3 Å². The van der Waals surface area contributed by atoms with Gasteiger partial charge in [0.15, 0.2) is 17.8 Å². The Bertz CT molecular complexity index is 448. The first-order chi connectivity index (χ1) is 8.19. The van der Waals surface area contributed by atoms with Gasteiger partial charge in [0.25, 0.3) is 0 Å². The third kappa shape index (κ3) is 2.10. The molecule has 1 aromatic carbocycles. The summed E-state index contributed by atoms with van der Waals surface area (Å²) in [5, 5.41) is 0.525. The second-order valence-corrected chi connectivity index (χ2v) is 4.43. The summed E-state index contributed by atoms with van der Waals surface area (Å²) in [5.74, 6) is 1.24. The number of hydrogen-bond acceptors (Lipinski definition) is 4. The number of halogens is 1. The fraction of sp³-hybridized carbons (Fsp3) is 0.417. The predicted molar refractivity (Wildman–Crippen MR) is 65.0 cm³/mol. The average molecular weight is 256 g/mol. The number of carbonyl (C=O) groups excluding carboxylic acids is 1. The summed E-state index contributed by atoms with van der Waals surface area (Å²) in [7, 11) is 0. The highest BCUT2D eigenvalue weighted by atomic mass is 35.5. The topological polar surface area (TPSA) is 61.6 Å². The first-order valence-corrected chi connectivity index (χ1v) is 5.84. The second-order valence-electron chi connectivity index (χ2n) is 4.02. The smallest absolute Gasteiger partial charge is 0.231 e.